The van der Waals surface area contributed by atoms with Crippen molar-refractivity contribution in [1.29, 1.82) is 0 Å². The highest BCUT2D eigenvalue weighted by Crippen LogP contribution is 2.29. The van der Waals surface area contributed by atoms with Gasteiger partial charge in [-0.2, -0.15) is 0 Å². The Morgan fingerprint density at radius 3 is 2.30 bits per heavy atom. The topological polar surface area (TPSA) is 66.5 Å². The van der Waals surface area contributed by atoms with Crippen LogP contribution in [0, 0.1) is 5.92 Å². The minimum atomic E-state index is -3.19. The maximum atomic E-state index is 12.5. The SMILES string of the molecule is CC(C)[C@H](CC(=O)Nc1ccc(N2CCCS2(=O)=O)cc1)c1ccccc1. The van der Waals surface area contributed by atoms with E-state index in [1.54, 1.807) is 24.3 Å². The largest absolute Gasteiger partial charge is 0.326 e. The summed E-state index contributed by atoms with van der Waals surface area (Å²) in [6.45, 7) is 4.76. The molecule has 0 spiro atoms. The van der Waals surface area contributed by atoms with Gasteiger partial charge in [-0.1, -0.05) is 44.2 Å². The summed E-state index contributed by atoms with van der Waals surface area (Å²) in [7, 11) is -3.19. The van der Waals surface area contributed by atoms with Gasteiger partial charge in [0.15, 0.2) is 0 Å². The average Bonchev–Trinajstić information content (AvgIpc) is 3.00. The minimum Gasteiger partial charge on any atom is -0.326 e. The fourth-order valence-corrected chi connectivity index (χ4v) is 5.06. The smallest absolute Gasteiger partial charge is 0.235 e. The third-order valence-electron chi connectivity index (χ3n) is 4.98. The lowest BCUT2D eigenvalue weighted by molar-refractivity contribution is -0.116. The Hall–Kier alpha value is -2.34. The van der Waals surface area contributed by atoms with E-state index in [0.29, 0.717) is 36.7 Å². The molecule has 1 saturated heterocycles. The highest BCUT2D eigenvalue weighted by molar-refractivity contribution is 7.93. The van der Waals surface area contributed by atoms with Crippen molar-refractivity contribution in [2.24, 2.45) is 5.92 Å². The van der Waals surface area contributed by atoms with E-state index < -0.39 is 10.0 Å². The molecule has 1 aliphatic rings. The number of carbonyl (C=O) groups is 1. The first-order valence-corrected chi connectivity index (χ1v) is 10.9. The second-order valence-electron chi connectivity index (χ2n) is 7.30. The average molecular weight is 387 g/mol. The van der Waals surface area contributed by atoms with Crippen molar-refractivity contribution >= 4 is 27.3 Å². The summed E-state index contributed by atoms with van der Waals surface area (Å²) in [6, 6.07) is 17.1. The Labute approximate surface area is 161 Å². The maximum Gasteiger partial charge on any atom is 0.235 e. The molecule has 144 valence electrons. The van der Waals surface area contributed by atoms with Gasteiger partial charge in [0.1, 0.15) is 0 Å². The molecule has 1 atom stereocenters. The number of nitrogens with zero attached hydrogens (tertiary/aromatic N) is 1. The molecule has 0 radical (unpaired) electrons. The number of rotatable bonds is 6. The Kier molecular flexibility index (Phi) is 5.85. The van der Waals surface area contributed by atoms with Crippen LogP contribution < -0.4 is 9.62 Å². The van der Waals surface area contributed by atoms with Gasteiger partial charge in [-0.3, -0.25) is 9.10 Å². The molecule has 1 fully saturated rings. The first-order chi connectivity index (χ1) is 12.9. The van der Waals surface area contributed by atoms with E-state index in [9.17, 15) is 13.2 Å². The van der Waals surface area contributed by atoms with E-state index in [2.05, 4.69) is 31.3 Å². The molecule has 1 N–H and O–H groups in total. The molecule has 0 aromatic heterocycles. The van der Waals surface area contributed by atoms with Gasteiger partial charge < -0.3 is 5.32 Å². The second-order valence-corrected chi connectivity index (χ2v) is 9.31. The van der Waals surface area contributed by atoms with Crippen LogP contribution in [-0.2, 0) is 14.8 Å². The standard InChI is InChI=1S/C21H26N2O3S/c1-16(2)20(17-7-4-3-5-8-17)15-21(24)22-18-9-11-19(12-10-18)23-13-6-14-27(23,25)26/h3-5,7-12,16,20H,6,13-15H2,1-2H3,(H,22,24)/t20-/m0/s1. The number of amides is 1. The van der Waals surface area contributed by atoms with Gasteiger partial charge in [0.25, 0.3) is 0 Å². The van der Waals surface area contributed by atoms with Gasteiger partial charge in [0.05, 0.1) is 11.4 Å². The predicted molar refractivity (Wildman–Crippen MR) is 109 cm³/mol. The maximum absolute atomic E-state index is 12.5. The first kappa shape index (κ1) is 19.4. The molecule has 1 aliphatic heterocycles. The first-order valence-electron chi connectivity index (χ1n) is 9.32. The van der Waals surface area contributed by atoms with Crippen molar-refractivity contribution in [1.82, 2.24) is 0 Å². The van der Waals surface area contributed by atoms with Crippen molar-refractivity contribution < 1.29 is 13.2 Å². The number of hydrogen-bond donors (Lipinski definition) is 1. The van der Waals surface area contributed by atoms with Crippen molar-refractivity contribution in [2.75, 3.05) is 21.9 Å². The van der Waals surface area contributed by atoms with Crippen LogP contribution in [0.2, 0.25) is 0 Å². The zero-order chi connectivity index (χ0) is 19.4. The Bertz CT molecular complexity index is 877. The monoisotopic (exact) mass is 386 g/mol. The third kappa shape index (κ3) is 4.69. The molecule has 1 amide bonds. The van der Waals surface area contributed by atoms with Gasteiger partial charge in [-0.15, -0.1) is 0 Å². The molecule has 1 heterocycles. The Balaban J connectivity index is 1.65. The second kappa shape index (κ2) is 8.13. The molecule has 2 aromatic carbocycles. The number of nitrogens with one attached hydrogen (secondary N) is 1. The fourth-order valence-electron chi connectivity index (χ4n) is 3.49. The molecule has 0 bridgehead atoms. The molecular formula is C21H26N2O3S. The van der Waals surface area contributed by atoms with E-state index >= 15 is 0 Å². The van der Waals surface area contributed by atoms with Gasteiger partial charge >= 0.3 is 0 Å². The van der Waals surface area contributed by atoms with E-state index in [-0.39, 0.29) is 17.6 Å². The van der Waals surface area contributed by atoms with Crippen molar-refractivity contribution in [3.63, 3.8) is 0 Å². The Morgan fingerprint density at radius 1 is 1.07 bits per heavy atom. The quantitative estimate of drug-likeness (QED) is 0.816. The highest BCUT2D eigenvalue weighted by Gasteiger charge is 2.28. The molecule has 0 unspecified atom stereocenters. The van der Waals surface area contributed by atoms with Gasteiger partial charge in [0.2, 0.25) is 15.9 Å². The summed E-state index contributed by atoms with van der Waals surface area (Å²) >= 11 is 0. The molecule has 3 rings (SSSR count). The molecule has 6 heteroatoms. The van der Waals surface area contributed by atoms with Crippen LogP contribution in [0.1, 0.15) is 38.2 Å². The van der Waals surface area contributed by atoms with E-state index in [0.717, 1.165) is 5.56 Å². The van der Waals surface area contributed by atoms with Crippen LogP contribution in [0.25, 0.3) is 0 Å². The minimum absolute atomic E-state index is 0.0425. The number of hydrogen-bond acceptors (Lipinski definition) is 3. The van der Waals surface area contributed by atoms with Crippen LogP contribution in [0.4, 0.5) is 11.4 Å². The van der Waals surface area contributed by atoms with Crippen molar-refractivity contribution in [3.05, 3.63) is 60.2 Å². The fraction of sp³-hybridized carbons (Fsp3) is 0.381. The summed E-state index contributed by atoms with van der Waals surface area (Å²) in [4.78, 5) is 12.5. The summed E-state index contributed by atoms with van der Waals surface area (Å²) in [6.07, 6.45) is 1.06. The lowest BCUT2D eigenvalue weighted by Gasteiger charge is -2.21. The van der Waals surface area contributed by atoms with Crippen LogP contribution >= 0.6 is 0 Å². The van der Waals surface area contributed by atoms with Gasteiger partial charge in [-0.05, 0) is 48.1 Å². The number of sulfonamides is 1. The van der Waals surface area contributed by atoms with Crippen LogP contribution in [0.5, 0.6) is 0 Å². The molecule has 0 aliphatic carbocycles. The summed E-state index contributed by atoms with van der Waals surface area (Å²) in [5, 5.41) is 2.93. The number of benzene rings is 2. The normalized spacial score (nSPS) is 17.1. The van der Waals surface area contributed by atoms with Crippen molar-refractivity contribution in [3.8, 4) is 0 Å². The highest BCUT2D eigenvalue weighted by atomic mass is 32.2. The molecule has 27 heavy (non-hydrogen) atoms. The van der Waals surface area contributed by atoms with Gasteiger partial charge in [-0.25, -0.2) is 8.42 Å². The summed E-state index contributed by atoms with van der Waals surface area (Å²) < 4.78 is 25.4. The lowest BCUT2D eigenvalue weighted by Crippen LogP contribution is -2.25. The molecule has 2 aromatic rings. The van der Waals surface area contributed by atoms with Crippen LogP contribution in [0.15, 0.2) is 54.6 Å². The van der Waals surface area contributed by atoms with E-state index in [1.807, 2.05) is 18.2 Å². The molecule has 5 nitrogen and oxygen atoms in total. The Morgan fingerprint density at radius 2 is 1.74 bits per heavy atom. The van der Waals surface area contributed by atoms with Crippen LogP contribution in [-0.4, -0.2) is 26.6 Å². The van der Waals surface area contributed by atoms with Crippen molar-refractivity contribution in [2.45, 2.75) is 32.6 Å². The predicted octanol–water partition coefficient (Wildman–Crippen LogP) is 3.99. The van der Waals surface area contributed by atoms with E-state index in [1.165, 1.54) is 4.31 Å². The molecular weight excluding hydrogens is 360 g/mol. The van der Waals surface area contributed by atoms with Gasteiger partial charge in [0, 0.05) is 18.7 Å². The number of carbonyl (C=O) groups excluding carboxylic acids is 1. The third-order valence-corrected chi connectivity index (χ3v) is 6.85. The zero-order valence-corrected chi connectivity index (χ0v) is 16.6. The lowest BCUT2D eigenvalue weighted by atomic mass is 9.85. The van der Waals surface area contributed by atoms with Crippen LogP contribution in [0.3, 0.4) is 0 Å². The number of anilines is 2. The summed E-state index contributed by atoms with van der Waals surface area (Å²) in [5.74, 6) is 0.655. The van der Waals surface area contributed by atoms with E-state index in [4.69, 9.17) is 0 Å². The zero-order valence-electron chi connectivity index (χ0n) is 15.8. The molecule has 0 saturated carbocycles. The summed E-state index contributed by atoms with van der Waals surface area (Å²) in [5.41, 5.74) is 2.49.